The summed E-state index contributed by atoms with van der Waals surface area (Å²) in [5.74, 6) is 1.57. The van der Waals surface area contributed by atoms with E-state index in [9.17, 15) is 4.79 Å². The summed E-state index contributed by atoms with van der Waals surface area (Å²) < 4.78 is 0. The summed E-state index contributed by atoms with van der Waals surface area (Å²) in [4.78, 5) is 13.9. The molecule has 2 heterocycles. The van der Waals surface area contributed by atoms with E-state index in [1.807, 2.05) is 12.1 Å². The molecule has 1 amide bonds. The third-order valence-electron chi connectivity index (χ3n) is 4.11. The minimum atomic E-state index is -0.0240. The Labute approximate surface area is 107 Å². The Morgan fingerprint density at radius 2 is 1.83 bits per heavy atom. The first-order chi connectivity index (χ1) is 8.78. The van der Waals surface area contributed by atoms with Crippen LogP contribution >= 0.6 is 0 Å². The monoisotopic (exact) mass is 245 g/mol. The van der Waals surface area contributed by atoms with Crippen molar-refractivity contribution in [2.75, 3.05) is 38.1 Å². The highest BCUT2D eigenvalue weighted by atomic mass is 16.1. The fraction of sp³-hybridized carbons (Fsp3) is 0.500. The molecule has 0 aliphatic carbocycles. The van der Waals surface area contributed by atoms with E-state index >= 15 is 0 Å². The molecule has 2 aliphatic rings. The first-order valence-electron chi connectivity index (χ1n) is 6.55. The molecule has 18 heavy (non-hydrogen) atoms. The van der Waals surface area contributed by atoms with Crippen LogP contribution in [0.2, 0.25) is 0 Å². The number of fused-ring (bicyclic) bond motifs is 1. The Hall–Kier alpha value is -1.55. The van der Waals surface area contributed by atoms with Gasteiger partial charge in [0, 0.05) is 44.5 Å². The molecule has 2 fully saturated rings. The van der Waals surface area contributed by atoms with Crippen molar-refractivity contribution in [3.63, 3.8) is 0 Å². The standard InChI is InChI=1S/C14H19N3O/c1-15-14(18)10-2-4-13(5-3-10)17-8-11-6-16-7-12(11)9-17/h2-5,11-12,16H,6-9H2,1H3,(H,15,18)/t11-,12+. The molecule has 3 rings (SSSR count). The molecular formula is C14H19N3O. The lowest BCUT2D eigenvalue weighted by Crippen LogP contribution is -2.25. The summed E-state index contributed by atoms with van der Waals surface area (Å²) in [5.41, 5.74) is 1.96. The summed E-state index contributed by atoms with van der Waals surface area (Å²) in [6, 6.07) is 7.92. The number of amides is 1. The predicted octanol–water partition coefficient (Wildman–Crippen LogP) is 0.702. The van der Waals surface area contributed by atoms with Crippen molar-refractivity contribution in [2.24, 2.45) is 11.8 Å². The van der Waals surface area contributed by atoms with Crippen molar-refractivity contribution in [2.45, 2.75) is 0 Å². The predicted molar refractivity (Wildman–Crippen MR) is 71.9 cm³/mol. The highest BCUT2D eigenvalue weighted by molar-refractivity contribution is 5.94. The van der Waals surface area contributed by atoms with E-state index in [1.54, 1.807) is 7.05 Å². The van der Waals surface area contributed by atoms with E-state index in [0.29, 0.717) is 0 Å². The van der Waals surface area contributed by atoms with Crippen LogP contribution in [0.1, 0.15) is 10.4 Å². The number of anilines is 1. The van der Waals surface area contributed by atoms with Crippen LogP contribution in [0.5, 0.6) is 0 Å². The lowest BCUT2D eigenvalue weighted by Gasteiger charge is -2.19. The van der Waals surface area contributed by atoms with E-state index in [4.69, 9.17) is 0 Å². The highest BCUT2D eigenvalue weighted by Crippen LogP contribution is 2.30. The third kappa shape index (κ3) is 1.97. The van der Waals surface area contributed by atoms with Gasteiger partial charge in [-0.3, -0.25) is 4.79 Å². The number of hydrogen-bond acceptors (Lipinski definition) is 3. The molecule has 2 atom stereocenters. The van der Waals surface area contributed by atoms with Gasteiger partial charge in [0.15, 0.2) is 0 Å². The van der Waals surface area contributed by atoms with Gasteiger partial charge in [0.05, 0.1) is 0 Å². The zero-order chi connectivity index (χ0) is 12.5. The molecule has 96 valence electrons. The maximum Gasteiger partial charge on any atom is 0.251 e. The van der Waals surface area contributed by atoms with Crippen LogP contribution in [0.15, 0.2) is 24.3 Å². The fourth-order valence-electron chi connectivity index (χ4n) is 3.03. The number of hydrogen-bond donors (Lipinski definition) is 2. The van der Waals surface area contributed by atoms with Gasteiger partial charge in [0.25, 0.3) is 5.91 Å². The van der Waals surface area contributed by atoms with Gasteiger partial charge < -0.3 is 15.5 Å². The molecule has 2 N–H and O–H groups in total. The zero-order valence-electron chi connectivity index (χ0n) is 10.6. The largest absolute Gasteiger partial charge is 0.371 e. The lowest BCUT2D eigenvalue weighted by molar-refractivity contribution is 0.0963. The van der Waals surface area contributed by atoms with E-state index in [2.05, 4.69) is 27.7 Å². The van der Waals surface area contributed by atoms with Gasteiger partial charge in [-0.15, -0.1) is 0 Å². The molecule has 4 nitrogen and oxygen atoms in total. The zero-order valence-corrected chi connectivity index (χ0v) is 10.6. The molecule has 0 saturated carbocycles. The number of nitrogens with zero attached hydrogens (tertiary/aromatic N) is 1. The van der Waals surface area contributed by atoms with Gasteiger partial charge in [0.2, 0.25) is 0 Å². The molecule has 2 aliphatic heterocycles. The quantitative estimate of drug-likeness (QED) is 0.806. The molecule has 1 aromatic rings. The normalized spacial score (nSPS) is 26.2. The summed E-state index contributed by atoms with van der Waals surface area (Å²) in [6.45, 7) is 4.57. The van der Waals surface area contributed by atoms with E-state index < -0.39 is 0 Å². The smallest absolute Gasteiger partial charge is 0.251 e. The minimum absolute atomic E-state index is 0.0240. The second-order valence-corrected chi connectivity index (χ2v) is 5.21. The maximum absolute atomic E-state index is 11.5. The minimum Gasteiger partial charge on any atom is -0.371 e. The number of carbonyl (C=O) groups is 1. The van der Waals surface area contributed by atoms with Gasteiger partial charge in [-0.2, -0.15) is 0 Å². The van der Waals surface area contributed by atoms with Crippen LogP contribution < -0.4 is 15.5 Å². The summed E-state index contributed by atoms with van der Waals surface area (Å²) in [5, 5.41) is 6.09. The summed E-state index contributed by atoms with van der Waals surface area (Å²) >= 11 is 0. The van der Waals surface area contributed by atoms with Crippen LogP contribution in [0, 0.1) is 11.8 Å². The first kappa shape index (κ1) is 11.5. The summed E-state index contributed by atoms with van der Waals surface area (Å²) in [6.07, 6.45) is 0. The Balaban J connectivity index is 1.72. The SMILES string of the molecule is CNC(=O)c1ccc(N2C[C@H]3CNC[C@H]3C2)cc1. The maximum atomic E-state index is 11.5. The first-order valence-corrected chi connectivity index (χ1v) is 6.55. The topological polar surface area (TPSA) is 44.4 Å². The Bertz CT molecular complexity index is 431. The molecule has 4 heteroatoms. The average Bonchev–Trinajstić information content (AvgIpc) is 2.99. The van der Waals surface area contributed by atoms with Crippen molar-refractivity contribution in [1.82, 2.24) is 10.6 Å². The number of carbonyl (C=O) groups excluding carboxylic acids is 1. The van der Waals surface area contributed by atoms with Crippen LogP contribution in [0.3, 0.4) is 0 Å². The van der Waals surface area contributed by atoms with Gasteiger partial charge in [-0.1, -0.05) is 0 Å². The number of nitrogens with one attached hydrogen (secondary N) is 2. The summed E-state index contributed by atoms with van der Waals surface area (Å²) in [7, 11) is 1.66. The molecule has 0 bridgehead atoms. The lowest BCUT2D eigenvalue weighted by atomic mass is 10.0. The van der Waals surface area contributed by atoms with Crippen LogP contribution in [-0.2, 0) is 0 Å². The number of rotatable bonds is 2. The van der Waals surface area contributed by atoms with Gasteiger partial charge >= 0.3 is 0 Å². The molecule has 0 spiro atoms. The highest BCUT2D eigenvalue weighted by Gasteiger charge is 2.35. The fourth-order valence-corrected chi connectivity index (χ4v) is 3.03. The Morgan fingerprint density at radius 1 is 1.22 bits per heavy atom. The average molecular weight is 245 g/mol. The van der Waals surface area contributed by atoms with Crippen molar-refractivity contribution >= 4 is 11.6 Å². The van der Waals surface area contributed by atoms with E-state index in [1.165, 1.54) is 5.69 Å². The van der Waals surface area contributed by atoms with Gasteiger partial charge in [-0.05, 0) is 36.1 Å². The van der Waals surface area contributed by atoms with Crippen molar-refractivity contribution in [1.29, 1.82) is 0 Å². The molecule has 0 radical (unpaired) electrons. The van der Waals surface area contributed by atoms with Crippen LogP contribution in [0.25, 0.3) is 0 Å². The molecular weight excluding hydrogens is 226 g/mol. The van der Waals surface area contributed by atoms with Crippen molar-refractivity contribution in [3.8, 4) is 0 Å². The van der Waals surface area contributed by atoms with Crippen molar-refractivity contribution in [3.05, 3.63) is 29.8 Å². The molecule has 0 aromatic heterocycles. The second-order valence-electron chi connectivity index (χ2n) is 5.21. The van der Waals surface area contributed by atoms with Crippen molar-refractivity contribution < 1.29 is 4.79 Å². The Morgan fingerprint density at radius 3 is 2.39 bits per heavy atom. The van der Waals surface area contributed by atoms with Gasteiger partial charge in [0.1, 0.15) is 0 Å². The Kier molecular flexibility index (Phi) is 2.96. The molecule has 1 aromatic carbocycles. The number of benzene rings is 1. The molecule has 0 unspecified atom stereocenters. The van der Waals surface area contributed by atoms with Crippen LogP contribution in [0.4, 0.5) is 5.69 Å². The van der Waals surface area contributed by atoms with Gasteiger partial charge in [-0.25, -0.2) is 0 Å². The second kappa shape index (κ2) is 4.61. The molecule has 2 saturated heterocycles. The third-order valence-corrected chi connectivity index (χ3v) is 4.11. The van der Waals surface area contributed by atoms with E-state index in [0.717, 1.165) is 43.6 Å². The van der Waals surface area contributed by atoms with E-state index in [-0.39, 0.29) is 5.91 Å². The van der Waals surface area contributed by atoms with Crippen LogP contribution in [-0.4, -0.2) is 39.1 Å².